The summed E-state index contributed by atoms with van der Waals surface area (Å²) in [6.45, 7) is 2.76. The quantitative estimate of drug-likeness (QED) is 0.249. The highest BCUT2D eigenvalue weighted by Gasteiger charge is 2.54. The number of nitrogens with zero attached hydrogens (tertiary/aromatic N) is 4. The molecule has 1 aromatic rings. The number of aryl methyl sites for hydroxylation is 1. The van der Waals surface area contributed by atoms with Crippen LogP contribution in [0.2, 0.25) is 0 Å². The molecular formula is C16H17N5O8S. The Morgan fingerprint density at radius 1 is 1.47 bits per heavy atom. The number of hydrogen-bond donors (Lipinski definition) is 2. The lowest BCUT2D eigenvalue weighted by molar-refractivity contribution is -0.385. The maximum absolute atomic E-state index is 12.6. The Kier molecular flexibility index (Phi) is 5.78. The number of thioether (sulfide) groups is 1. The van der Waals surface area contributed by atoms with Gasteiger partial charge in [-0.25, -0.2) is 4.79 Å². The Morgan fingerprint density at radius 2 is 2.17 bits per heavy atom. The van der Waals surface area contributed by atoms with E-state index in [1.165, 1.54) is 18.7 Å². The molecule has 3 heterocycles. The SMILES string of the molecule is CCn1ncc([N+](=O)[O-])c1C(=O)N[C@H]1C(=O)N2C(C(=O)O)=C(COC(C)=O)CS[C@H]12. The first-order chi connectivity index (χ1) is 14.2. The summed E-state index contributed by atoms with van der Waals surface area (Å²) in [6, 6.07) is -1.06. The largest absolute Gasteiger partial charge is 0.477 e. The van der Waals surface area contributed by atoms with Crippen molar-refractivity contribution in [1.82, 2.24) is 20.0 Å². The topological polar surface area (TPSA) is 174 Å². The van der Waals surface area contributed by atoms with E-state index in [-0.39, 0.29) is 35.9 Å². The number of carboxylic acid groups (broad SMARTS) is 1. The molecule has 1 saturated heterocycles. The highest BCUT2D eigenvalue weighted by molar-refractivity contribution is 8.00. The minimum absolute atomic E-state index is 0.169. The second kappa shape index (κ2) is 8.14. The second-order valence-electron chi connectivity index (χ2n) is 6.35. The van der Waals surface area contributed by atoms with Crippen LogP contribution in [0, 0.1) is 10.1 Å². The molecule has 160 valence electrons. The van der Waals surface area contributed by atoms with Crippen LogP contribution in [-0.4, -0.2) is 72.2 Å². The molecule has 30 heavy (non-hydrogen) atoms. The summed E-state index contributed by atoms with van der Waals surface area (Å²) in [7, 11) is 0. The lowest BCUT2D eigenvalue weighted by Gasteiger charge is -2.49. The lowest BCUT2D eigenvalue weighted by Crippen LogP contribution is -2.70. The van der Waals surface area contributed by atoms with Crippen LogP contribution in [0.5, 0.6) is 0 Å². The minimum Gasteiger partial charge on any atom is -0.477 e. The third kappa shape index (κ3) is 3.60. The number of fused-ring (bicyclic) bond motifs is 1. The standard InChI is InChI=1S/C16H17N5O8S/c1-3-19-12(9(4-17-19)21(27)28)13(23)18-10-14(24)20-11(16(25)26)8(5-29-7(2)22)6-30-15(10)20/h4,10,15H,3,5-6H2,1-2H3,(H,18,23)(H,25,26)/t10-,15+/m0/s1. The summed E-state index contributed by atoms with van der Waals surface area (Å²) in [4.78, 5) is 59.4. The van der Waals surface area contributed by atoms with Crippen molar-refractivity contribution in [2.24, 2.45) is 0 Å². The van der Waals surface area contributed by atoms with Crippen molar-refractivity contribution in [2.75, 3.05) is 12.4 Å². The molecule has 0 bridgehead atoms. The summed E-state index contributed by atoms with van der Waals surface area (Å²) in [5.74, 6) is -3.31. The number of carbonyl (C=O) groups is 4. The van der Waals surface area contributed by atoms with Crippen LogP contribution < -0.4 is 5.32 Å². The molecular weight excluding hydrogens is 422 g/mol. The molecule has 0 radical (unpaired) electrons. The van der Waals surface area contributed by atoms with Gasteiger partial charge in [-0.05, 0) is 6.92 Å². The van der Waals surface area contributed by atoms with Gasteiger partial charge in [0.25, 0.3) is 11.8 Å². The van der Waals surface area contributed by atoms with Crippen molar-refractivity contribution in [2.45, 2.75) is 31.8 Å². The molecule has 1 aromatic heterocycles. The fourth-order valence-electron chi connectivity index (χ4n) is 3.18. The summed E-state index contributed by atoms with van der Waals surface area (Å²) < 4.78 is 5.99. The minimum atomic E-state index is -1.36. The van der Waals surface area contributed by atoms with Crippen LogP contribution in [0.3, 0.4) is 0 Å². The second-order valence-corrected chi connectivity index (χ2v) is 7.45. The molecule has 2 N–H and O–H groups in total. The third-order valence-electron chi connectivity index (χ3n) is 4.52. The van der Waals surface area contributed by atoms with Crippen LogP contribution in [0.25, 0.3) is 0 Å². The van der Waals surface area contributed by atoms with Gasteiger partial charge in [0.15, 0.2) is 0 Å². The van der Waals surface area contributed by atoms with Crippen LogP contribution in [0.4, 0.5) is 5.69 Å². The number of amides is 2. The van der Waals surface area contributed by atoms with Crippen molar-refractivity contribution in [3.8, 4) is 0 Å². The van der Waals surface area contributed by atoms with Gasteiger partial charge >= 0.3 is 17.6 Å². The number of nitro groups is 1. The van der Waals surface area contributed by atoms with Crippen molar-refractivity contribution >= 4 is 41.2 Å². The van der Waals surface area contributed by atoms with E-state index in [4.69, 9.17) is 4.74 Å². The highest BCUT2D eigenvalue weighted by Crippen LogP contribution is 2.40. The Bertz CT molecular complexity index is 986. The van der Waals surface area contributed by atoms with Gasteiger partial charge in [-0.1, -0.05) is 0 Å². The van der Waals surface area contributed by atoms with E-state index in [9.17, 15) is 34.4 Å². The van der Waals surface area contributed by atoms with E-state index < -0.39 is 45.8 Å². The first-order valence-electron chi connectivity index (χ1n) is 8.71. The lowest BCUT2D eigenvalue weighted by atomic mass is 10.0. The Balaban J connectivity index is 1.81. The van der Waals surface area contributed by atoms with Crippen LogP contribution in [0.15, 0.2) is 17.5 Å². The van der Waals surface area contributed by atoms with Crippen molar-refractivity contribution in [1.29, 1.82) is 0 Å². The van der Waals surface area contributed by atoms with Crippen LogP contribution in [-0.2, 0) is 25.7 Å². The zero-order valence-electron chi connectivity index (χ0n) is 15.9. The number of β-lactam (4-membered cyclic amide) rings is 1. The fraction of sp³-hybridized carbons (Fsp3) is 0.438. The first-order valence-corrected chi connectivity index (χ1v) is 9.76. The molecule has 2 atom stereocenters. The number of nitrogens with one attached hydrogen (secondary N) is 1. The number of aliphatic carboxylic acids is 1. The summed E-state index contributed by atoms with van der Waals surface area (Å²) >= 11 is 1.19. The van der Waals surface area contributed by atoms with Gasteiger partial charge < -0.3 is 15.2 Å². The molecule has 0 aromatic carbocycles. The molecule has 2 aliphatic rings. The van der Waals surface area contributed by atoms with Gasteiger partial charge in [0.1, 0.15) is 29.9 Å². The number of ether oxygens (including phenoxy) is 1. The molecule has 13 nitrogen and oxygen atoms in total. The zero-order valence-corrected chi connectivity index (χ0v) is 16.7. The summed E-state index contributed by atoms with van der Waals surface area (Å²) in [6.07, 6.45) is 0.954. The Hall–Kier alpha value is -3.42. The number of carbonyl (C=O) groups excluding carboxylic acids is 3. The van der Waals surface area contributed by atoms with E-state index >= 15 is 0 Å². The zero-order chi connectivity index (χ0) is 22.2. The molecule has 0 saturated carbocycles. The van der Waals surface area contributed by atoms with E-state index in [1.807, 2.05) is 0 Å². The first kappa shape index (κ1) is 21.3. The number of aromatic nitrogens is 2. The monoisotopic (exact) mass is 439 g/mol. The van der Waals surface area contributed by atoms with Crippen molar-refractivity contribution < 1.29 is 33.9 Å². The van der Waals surface area contributed by atoms with Gasteiger partial charge in [-0.3, -0.25) is 34.1 Å². The van der Waals surface area contributed by atoms with Crippen LogP contribution in [0.1, 0.15) is 24.3 Å². The van der Waals surface area contributed by atoms with Gasteiger partial charge in [-0.2, -0.15) is 5.10 Å². The maximum atomic E-state index is 12.6. The van der Waals surface area contributed by atoms with Crippen molar-refractivity contribution in [3.05, 3.63) is 33.3 Å². The number of esters is 1. The predicted octanol–water partition coefficient (Wildman–Crippen LogP) is -0.273. The smallest absolute Gasteiger partial charge is 0.352 e. The molecule has 2 aliphatic heterocycles. The van der Waals surface area contributed by atoms with Crippen LogP contribution >= 0.6 is 11.8 Å². The average molecular weight is 439 g/mol. The van der Waals surface area contributed by atoms with Gasteiger partial charge in [0.2, 0.25) is 5.69 Å². The molecule has 14 heteroatoms. The fourth-order valence-corrected chi connectivity index (χ4v) is 4.50. The summed E-state index contributed by atoms with van der Waals surface area (Å²) in [5, 5.41) is 26.2. The number of carboxylic acids is 1. The average Bonchev–Trinajstić information content (AvgIpc) is 3.13. The molecule has 2 amide bonds. The highest BCUT2D eigenvalue weighted by atomic mass is 32.2. The van der Waals surface area contributed by atoms with E-state index in [2.05, 4.69) is 10.4 Å². The van der Waals surface area contributed by atoms with Gasteiger partial charge in [0.05, 0.1) is 4.92 Å². The molecule has 0 unspecified atom stereocenters. The molecule has 0 spiro atoms. The third-order valence-corrected chi connectivity index (χ3v) is 5.86. The Morgan fingerprint density at radius 3 is 2.73 bits per heavy atom. The van der Waals surface area contributed by atoms with Gasteiger partial charge in [0, 0.05) is 24.8 Å². The van der Waals surface area contributed by atoms with E-state index in [0.29, 0.717) is 0 Å². The molecule has 1 fully saturated rings. The summed E-state index contributed by atoms with van der Waals surface area (Å²) in [5.41, 5.74) is -0.819. The number of hydrogen-bond acceptors (Lipinski definition) is 9. The molecule has 3 rings (SSSR count). The van der Waals surface area contributed by atoms with Gasteiger partial charge in [-0.15, -0.1) is 11.8 Å². The maximum Gasteiger partial charge on any atom is 0.352 e. The number of rotatable bonds is 7. The Labute approximate surface area is 173 Å². The van der Waals surface area contributed by atoms with Crippen molar-refractivity contribution in [3.63, 3.8) is 0 Å². The molecule has 0 aliphatic carbocycles. The predicted molar refractivity (Wildman–Crippen MR) is 100 cm³/mol. The van der Waals surface area contributed by atoms with E-state index in [1.54, 1.807) is 6.92 Å². The van der Waals surface area contributed by atoms with E-state index in [0.717, 1.165) is 15.8 Å². The normalized spacial score (nSPS) is 20.3.